The van der Waals surface area contributed by atoms with Crippen molar-refractivity contribution in [2.75, 3.05) is 0 Å². The van der Waals surface area contributed by atoms with Crippen molar-refractivity contribution >= 4 is 23.0 Å². The van der Waals surface area contributed by atoms with Gasteiger partial charge in [0.15, 0.2) is 0 Å². The Kier molecular flexibility index (Phi) is 3.43. The first-order valence-electron chi connectivity index (χ1n) is 5.51. The molecule has 2 aromatic rings. The van der Waals surface area contributed by atoms with E-state index in [9.17, 15) is 9.59 Å². The van der Waals surface area contributed by atoms with Gasteiger partial charge in [-0.2, -0.15) is 0 Å². The van der Waals surface area contributed by atoms with Crippen LogP contribution in [0.4, 0.5) is 0 Å². The lowest BCUT2D eigenvalue weighted by Gasteiger charge is -2.19. The fourth-order valence-corrected chi connectivity index (χ4v) is 1.84. The molecule has 2 atom stereocenters. The van der Waals surface area contributed by atoms with Gasteiger partial charge in [-0.05, 0) is 12.1 Å². The van der Waals surface area contributed by atoms with Crippen molar-refractivity contribution in [2.24, 2.45) is 5.73 Å². The zero-order chi connectivity index (χ0) is 14.0. The molecule has 0 amide bonds. The quantitative estimate of drug-likeness (QED) is 0.684. The van der Waals surface area contributed by atoms with Gasteiger partial charge in [-0.15, -0.1) is 5.10 Å². The number of nitrogens with two attached hydrogens (primary N) is 1. The van der Waals surface area contributed by atoms with Crippen molar-refractivity contribution in [1.29, 1.82) is 0 Å². The van der Waals surface area contributed by atoms with Gasteiger partial charge in [0.1, 0.15) is 11.6 Å². The summed E-state index contributed by atoms with van der Waals surface area (Å²) in [6.07, 6.45) is -0.444. The van der Waals surface area contributed by atoms with Crippen molar-refractivity contribution in [3.63, 3.8) is 0 Å². The van der Waals surface area contributed by atoms with Gasteiger partial charge in [0.05, 0.1) is 18.0 Å². The number of fused-ring (bicyclic) bond motifs is 1. The number of carboxylic acids is 2. The summed E-state index contributed by atoms with van der Waals surface area (Å²) in [5, 5.41) is 25.5. The molecule has 0 saturated carbocycles. The van der Waals surface area contributed by atoms with Crippen LogP contribution in [0.3, 0.4) is 0 Å². The Bertz CT molecular complexity index is 624. The molecule has 0 saturated heterocycles. The number of rotatable bonds is 5. The molecule has 1 heterocycles. The molecule has 0 radical (unpaired) electrons. The van der Waals surface area contributed by atoms with E-state index in [-0.39, 0.29) is 0 Å². The minimum Gasteiger partial charge on any atom is -0.481 e. The minimum atomic E-state index is -1.37. The number of carbonyl (C=O) groups is 2. The van der Waals surface area contributed by atoms with Crippen LogP contribution < -0.4 is 5.73 Å². The molecule has 0 aliphatic heterocycles. The van der Waals surface area contributed by atoms with Crippen LogP contribution >= 0.6 is 0 Å². The number of hydrogen-bond acceptors (Lipinski definition) is 5. The Morgan fingerprint density at radius 1 is 1.32 bits per heavy atom. The van der Waals surface area contributed by atoms with Crippen LogP contribution in [0.5, 0.6) is 0 Å². The van der Waals surface area contributed by atoms with Crippen molar-refractivity contribution < 1.29 is 19.8 Å². The third kappa shape index (κ3) is 2.52. The van der Waals surface area contributed by atoms with Crippen LogP contribution in [-0.2, 0) is 9.59 Å². The van der Waals surface area contributed by atoms with E-state index in [1.54, 1.807) is 24.3 Å². The number of aromatic nitrogens is 3. The predicted molar refractivity (Wildman–Crippen MR) is 64.4 cm³/mol. The first kappa shape index (κ1) is 13.0. The second-order valence-electron chi connectivity index (χ2n) is 4.05. The summed E-state index contributed by atoms with van der Waals surface area (Å²) in [6.45, 7) is 0. The SMILES string of the molecule is NC(C(=O)O)C(CC(=O)O)n1nnc2ccccc21. The van der Waals surface area contributed by atoms with Gasteiger partial charge in [-0.1, -0.05) is 17.3 Å². The normalized spacial score (nSPS) is 14.2. The first-order valence-corrected chi connectivity index (χ1v) is 5.51. The summed E-state index contributed by atoms with van der Waals surface area (Å²) >= 11 is 0. The molecule has 19 heavy (non-hydrogen) atoms. The Morgan fingerprint density at radius 3 is 2.63 bits per heavy atom. The number of carboxylic acid groups (broad SMARTS) is 2. The summed E-state index contributed by atoms with van der Waals surface area (Å²) in [6, 6.07) is 4.49. The van der Waals surface area contributed by atoms with Gasteiger partial charge >= 0.3 is 11.9 Å². The highest BCUT2D eigenvalue weighted by Crippen LogP contribution is 2.20. The lowest BCUT2D eigenvalue weighted by Crippen LogP contribution is -2.40. The van der Waals surface area contributed by atoms with Crippen LogP contribution in [-0.4, -0.2) is 43.2 Å². The fourth-order valence-electron chi connectivity index (χ4n) is 1.84. The van der Waals surface area contributed by atoms with Crippen LogP contribution in [0.2, 0.25) is 0 Å². The third-order valence-electron chi connectivity index (χ3n) is 2.77. The maximum Gasteiger partial charge on any atom is 0.322 e. The zero-order valence-electron chi connectivity index (χ0n) is 9.80. The highest BCUT2D eigenvalue weighted by atomic mass is 16.4. The summed E-state index contributed by atoms with van der Waals surface area (Å²) in [4.78, 5) is 21.8. The number of nitrogens with zero attached hydrogens (tertiary/aromatic N) is 3. The molecule has 0 bridgehead atoms. The van der Waals surface area contributed by atoms with Gasteiger partial charge < -0.3 is 15.9 Å². The third-order valence-corrected chi connectivity index (χ3v) is 2.77. The van der Waals surface area contributed by atoms with E-state index in [1.807, 2.05) is 0 Å². The lowest BCUT2D eigenvalue weighted by atomic mass is 10.1. The summed E-state index contributed by atoms with van der Waals surface area (Å²) in [7, 11) is 0. The van der Waals surface area contributed by atoms with Gasteiger partial charge in [0.25, 0.3) is 0 Å². The second-order valence-corrected chi connectivity index (χ2v) is 4.05. The van der Waals surface area contributed by atoms with Crippen LogP contribution in [0.25, 0.3) is 11.0 Å². The zero-order valence-corrected chi connectivity index (χ0v) is 9.80. The van der Waals surface area contributed by atoms with Gasteiger partial charge in [0, 0.05) is 0 Å². The molecule has 2 rings (SSSR count). The van der Waals surface area contributed by atoms with Crippen LogP contribution in [0.15, 0.2) is 24.3 Å². The van der Waals surface area contributed by atoms with Crippen LogP contribution in [0, 0.1) is 0 Å². The van der Waals surface area contributed by atoms with Gasteiger partial charge in [-0.3, -0.25) is 9.59 Å². The molecule has 0 aliphatic carbocycles. The Morgan fingerprint density at radius 2 is 2.00 bits per heavy atom. The van der Waals surface area contributed by atoms with E-state index >= 15 is 0 Å². The molecule has 8 heteroatoms. The van der Waals surface area contributed by atoms with E-state index in [2.05, 4.69) is 10.3 Å². The smallest absolute Gasteiger partial charge is 0.322 e. The Hall–Kier alpha value is -2.48. The molecule has 8 nitrogen and oxygen atoms in total. The second kappa shape index (κ2) is 5.02. The van der Waals surface area contributed by atoms with E-state index in [1.165, 1.54) is 4.68 Å². The topological polar surface area (TPSA) is 131 Å². The largest absolute Gasteiger partial charge is 0.481 e. The van der Waals surface area contributed by atoms with Crippen molar-refractivity contribution in [3.8, 4) is 0 Å². The number of benzene rings is 1. The minimum absolute atomic E-state index is 0.444. The van der Waals surface area contributed by atoms with E-state index in [0.717, 1.165) is 0 Å². The van der Waals surface area contributed by atoms with E-state index in [0.29, 0.717) is 11.0 Å². The number of aliphatic carboxylic acids is 2. The predicted octanol–water partition coefficient (Wildman–Crippen LogP) is -0.141. The van der Waals surface area contributed by atoms with Crippen molar-refractivity contribution in [2.45, 2.75) is 18.5 Å². The lowest BCUT2D eigenvalue weighted by molar-refractivity contribution is -0.141. The average Bonchev–Trinajstić information content (AvgIpc) is 2.78. The van der Waals surface area contributed by atoms with E-state index in [4.69, 9.17) is 15.9 Å². The fraction of sp³-hybridized carbons (Fsp3) is 0.273. The first-order chi connectivity index (χ1) is 9.00. The van der Waals surface area contributed by atoms with Crippen LogP contribution in [0.1, 0.15) is 12.5 Å². The monoisotopic (exact) mass is 264 g/mol. The number of hydrogen-bond donors (Lipinski definition) is 3. The van der Waals surface area contributed by atoms with Gasteiger partial charge in [-0.25, -0.2) is 4.68 Å². The average molecular weight is 264 g/mol. The van der Waals surface area contributed by atoms with Gasteiger partial charge in [0.2, 0.25) is 0 Å². The summed E-state index contributed by atoms with van der Waals surface area (Å²) in [5.74, 6) is -2.44. The highest BCUT2D eigenvalue weighted by molar-refractivity contribution is 5.78. The molecule has 0 spiro atoms. The highest BCUT2D eigenvalue weighted by Gasteiger charge is 2.30. The van der Waals surface area contributed by atoms with Crippen molar-refractivity contribution in [3.05, 3.63) is 24.3 Å². The summed E-state index contributed by atoms with van der Waals surface area (Å²) < 4.78 is 1.25. The Labute approximate surface area is 107 Å². The molecule has 4 N–H and O–H groups in total. The molecule has 0 aliphatic rings. The maximum absolute atomic E-state index is 11.0. The molecule has 1 aromatic carbocycles. The molecule has 1 aromatic heterocycles. The molecular formula is C11H12N4O4. The molecule has 0 fully saturated rings. The molecule has 100 valence electrons. The number of para-hydroxylation sites is 1. The van der Waals surface area contributed by atoms with Crippen molar-refractivity contribution in [1.82, 2.24) is 15.0 Å². The van der Waals surface area contributed by atoms with E-state index < -0.39 is 30.4 Å². The molecular weight excluding hydrogens is 252 g/mol. The summed E-state index contributed by atoms with van der Waals surface area (Å²) in [5.41, 5.74) is 6.64. The standard InChI is InChI=1S/C11H12N4O4/c12-10(11(18)19)8(5-9(16)17)15-7-4-2-1-3-6(7)13-14-15/h1-4,8,10H,5,12H2,(H,16,17)(H,18,19). The maximum atomic E-state index is 11.0. The molecule has 2 unspecified atom stereocenters. The Balaban J connectivity index is 2.48.